The van der Waals surface area contributed by atoms with Crippen molar-refractivity contribution in [3.8, 4) is 17.2 Å². The minimum atomic E-state index is -0.637. The molecule has 5 rings (SSSR count). The van der Waals surface area contributed by atoms with Gasteiger partial charge in [-0.15, -0.1) is 0 Å². The van der Waals surface area contributed by atoms with Crippen molar-refractivity contribution in [1.82, 2.24) is 9.47 Å². The summed E-state index contributed by atoms with van der Waals surface area (Å²) in [4.78, 5) is 40.5. The van der Waals surface area contributed by atoms with Crippen molar-refractivity contribution < 1.29 is 23.5 Å². The topological polar surface area (TPSA) is 115 Å². The first kappa shape index (κ1) is 29.6. The number of hydrogen-bond acceptors (Lipinski definition) is 7. The molecule has 1 amide bonds. The first-order valence-corrected chi connectivity index (χ1v) is 14.7. The number of likely N-dealkylation sites (tertiary alicyclic amines) is 1. The number of fused-ring (bicyclic) bond motifs is 3. The van der Waals surface area contributed by atoms with Crippen molar-refractivity contribution in [3.63, 3.8) is 0 Å². The van der Waals surface area contributed by atoms with E-state index >= 15 is 0 Å². The molecule has 42 heavy (non-hydrogen) atoms. The monoisotopic (exact) mass is 573 g/mol. The van der Waals surface area contributed by atoms with Crippen LogP contribution in [0.1, 0.15) is 58.4 Å². The number of nitrogens with zero attached hydrogens (tertiary/aromatic N) is 3. The van der Waals surface area contributed by atoms with E-state index in [0.29, 0.717) is 31.6 Å². The summed E-state index contributed by atoms with van der Waals surface area (Å²) < 4.78 is 17.8. The van der Waals surface area contributed by atoms with E-state index in [4.69, 9.17) is 13.9 Å². The van der Waals surface area contributed by atoms with Crippen LogP contribution in [0.15, 0.2) is 51.7 Å². The molecule has 2 fully saturated rings. The molecule has 1 aromatic heterocycles. The number of ether oxygens (including phenoxy) is 2. The van der Waals surface area contributed by atoms with Gasteiger partial charge in [-0.3, -0.25) is 14.3 Å². The van der Waals surface area contributed by atoms with Gasteiger partial charge in [-0.1, -0.05) is 30.3 Å². The molecular weight excluding hydrogens is 534 g/mol. The Morgan fingerprint density at radius 3 is 2.55 bits per heavy atom. The molecule has 1 saturated carbocycles. The fraction of sp³-hybridized carbons (Fsp3) is 0.515. The Morgan fingerprint density at radius 2 is 1.86 bits per heavy atom. The molecule has 0 unspecified atom stereocenters. The highest BCUT2D eigenvalue weighted by Crippen LogP contribution is 2.44. The number of amides is 1. The number of ketones is 1. The lowest BCUT2D eigenvalue weighted by molar-refractivity contribution is -0.126. The van der Waals surface area contributed by atoms with Crippen LogP contribution in [0.4, 0.5) is 4.79 Å². The fourth-order valence-corrected chi connectivity index (χ4v) is 6.45. The number of hydrogen-bond donors (Lipinski definition) is 0. The molecule has 9 heteroatoms. The van der Waals surface area contributed by atoms with E-state index in [2.05, 4.69) is 6.07 Å². The molecule has 2 bridgehead atoms. The van der Waals surface area contributed by atoms with Crippen LogP contribution >= 0.6 is 0 Å². The quantitative estimate of drug-likeness (QED) is 0.285. The van der Waals surface area contributed by atoms with E-state index in [1.54, 1.807) is 22.6 Å². The Balaban J connectivity index is 1.26. The van der Waals surface area contributed by atoms with Crippen LogP contribution in [0.5, 0.6) is 0 Å². The summed E-state index contributed by atoms with van der Waals surface area (Å²) in [5.74, 6) is -0.795. The zero-order valence-electron chi connectivity index (χ0n) is 24.8. The van der Waals surface area contributed by atoms with Crippen LogP contribution in [0.25, 0.3) is 22.2 Å². The summed E-state index contributed by atoms with van der Waals surface area (Å²) in [6, 6.07) is 15.4. The van der Waals surface area contributed by atoms with E-state index in [9.17, 15) is 19.6 Å². The van der Waals surface area contributed by atoms with E-state index in [1.165, 1.54) is 0 Å². The zero-order chi connectivity index (χ0) is 30.0. The van der Waals surface area contributed by atoms with Gasteiger partial charge in [0.05, 0.1) is 23.5 Å². The number of aryl methyl sites for hydroxylation is 1. The van der Waals surface area contributed by atoms with Crippen molar-refractivity contribution >= 4 is 23.0 Å². The molecule has 1 aliphatic heterocycles. The number of nitriles is 1. The van der Waals surface area contributed by atoms with Crippen molar-refractivity contribution in [3.05, 3.63) is 58.6 Å². The first-order chi connectivity index (χ1) is 20.1. The van der Waals surface area contributed by atoms with Crippen molar-refractivity contribution in [2.24, 2.45) is 11.8 Å². The van der Waals surface area contributed by atoms with E-state index in [-0.39, 0.29) is 29.9 Å². The number of oxazole rings is 1. The highest BCUT2D eigenvalue weighted by atomic mass is 16.6. The van der Waals surface area contributed by atoms with Gasteiger partial charge >= 0.3 is 11.8 Å². The van der Waals surface area contributed by atoms with Crippen molar-refractivity contribution in [2.45, 2.75) is 83.5 Å². The number of methoxy groups -OCH3 is 1. The molecule has 0 N–H and O–H groups in total. The number of carbonyl (C=O) groups excluding carboxylic acids is 2. The molecule has 0 radical (unpaired) electrons. The second-order valence-corrected chi connectivity index (χ2v) is 12.5. The summed E-state index contributed by atoms with van der Waals surface area (Å²) in [5.41, 5.74) is 3.51. The van der Waals surface area contributed by atoms with Gasteiger partial charge in [0.2, 0.25) is 0 Å². The Labute approximate surface area is 246 Å². The van der Waals surface area contributed by atoms with Gasteiger partial charge in [-0.2, -0.15) is 5.26 Å². The smallest absolute Gasteiger partial charge is 0.419 e. The number of aromatic nitrogens is 1. The third-order valence-electron chi connectivity index (χ3n) is 8.32. The molecule has 3 aromatic rings. The number of carbonyl (C=O) groups is 2. The third-order valence-corrected chi connectivity index (χ3v) is 8.32. The fourth-order valence-electron chi connectivity index (χ4n) is 6.45. The molecule has 2 aromatic carbocycles. The highest BCUT2D eigenvalue weighted by Gasteiger charge is 2.52. The second kappa shape index (κ2) is 12.1. The van der Waals surface area contributed by atoms with Crippen LogP contribution in [0.2, 0.25) is 0 Å². The largest absolute Gasteiger partial charge is 0.444 e. The average molecular weight is 574 g/mol. The molecule has 4 atom stereocenters. The van der Waals surface area contributed by atoms with Gasteiger partial charge in [-0.25, -0.2) is 9.59 Å². The van der Waals surface area contributed by atoms with Gasteiger partial charge in [0.25, 0.3) is 0 Å². The maximum absolute atomic E-state index is 13.5. The molecule has 222 valence electrons. The predicted molar refractivity (Wildman–Crippen MR) is 158 cm³/mol. The Morgan fingerprint density at radius 1 is 1.12 bits per heavy atom. The Kier molecular flexibility index (Phi) is 8.55. The number of rotatable bonds is 10. The van der Waals surface area contributed by atoms with Crippen LogP contribution < -0.4 is 5.76 Å². The molecule has 0 spiro atoms. The zero-order valence-corrected chi connectivity index (χ0v) is 24.8. The number of piperidine rings is 1. The lowest BCUT2D eigenvalue weighted by Gasteiger charge is -2.35. The molecule has 1 aliphatic carbocycles. The van der Waals surface area contributed by atoms with Gasteiger partial charge < -0.3 is 13.9 Å². The first-order valence-electron chi connectivity index (χ1n) is 14.7. The van der Waals surface area contributed by atoms with Crippen molar-refractivity contribution in [2.75, 3.05) is 13.7 Å². The normalized spacial score (nSPS) is 20.5. The summed E-state index contributed by atoms with van der Waals surface area (Å²) >= 11 is 0. The van der Waals surface area contributed by atoms with Crippen LogP contribution in [-0.2, 0) is 27.2 Å². The van der Waals surface area contributed by atoms with Crippen LogP contribution in [0.3, 0.4) is 0 Å². The van der Waals surface area contributed by atoms with Crippen molar-refractivity contribution in [1.29, 1.82) is 5.26 Å². The summed E-state index contributed by atoms with van der Waals surface area (Å²) in [6.07, 6.45) is 3.44. The molecule has 9 nitrogen and oxygen atoms in total. The standard InChI is InChI=1S/C33H39N3O6/c1-33(2,3)42-32(39)36-26-12-10-25(18-26)30(36)28(37)17-22(20-34)16-21-6-8-23(9-7-21)24-11-13-29-27(19-24)35(31(38)41-29)14-5-15-40-4/h6-9,11,13,19,22,25-26,30H,5,10,12,14-18H2,1-4H3/t22-,25+,26-,30+/m1/s1. The lowest BCUT2D eigenvalue weighted by atomic mass is 9.88. The average Bonchev–Trinajstić information content (AvgIpc) is 3.65. The summed E-state index contributed by atoms with van der Waals surface area (Å²) in [5, 5.41) is 9.93. The predicted octanol–water partition coefficient (Wildman–Crippen LogP) is 5.73. The lowest BCUT2D eigenvalue weighted by Crippen LogP contribution is -2.51. The molecule has 2 aliphatic rings. The number of Topliss-reactive ketones (excluding diaryl/α,β-unsaturated/α-hetero) is 1. The SMILES string of the molecule is COCCCn1c(=O)oc2ccc(-c3ccc(C[C@@H](C#N)CC(=O)[C@@H]4[C@H]5CC[C@H](C5)N4C(=O)OC(C)(C)C)cc3)cc21. The van der Waals surface area contributed by atoms with E-state index in [1.807, 2.05) is 57.2 Å². The van der Waals surface area contributed by atoms with Gasteiger partial charge in [0, 0.05) is 32.7 Å². The van der Waals surface area contributed by atoms with Gasteiger partial charge in [0.15, 0.2) is 11.4 Å². The van der Waals surface area contributed by atoms with Crippen LogP contribution in [-0.4, -0.2) is 52.7 Å². The maximum Gasteiger partial charge on any atom is 0.419 e. The number of benzene rings is 2. The van der Waals surface area contributed by atoms with Gasteiger partial charge in [-0.05, 0) is 87.6 Å². The molecular formula is C33H39N3O6. The van der Waals surface area contributed by atoms with E-state index < -0.39 is 23.7 Å². The molecule has 2 heterocycles. The van der Waals surface area contributed by atoms with E-state index in [0.717, 1.165) is 41.5 Å². The Bertz CT molecular complexity index is 1540. The summed E-state index contributed by atoms with van der Waals surface area (Å²) in [7, 11) is 1.63. The minimum Gasteiger partial charge on any atom is -0.444 e. The highest BCUT2D eigenvalue weighted by molar-refractivity contribution is 5.89. The summed E-state index contributed by atoms with van der Waals surface area (Å²) in [6.45, 7) is 6.54. The minimum absolute atomic E-state index is 0.0354. The maximum atomic E-state index is 13.5. The van der Waals surface area contributed by atoms with Gasteiger partial charge in [0.1, 0.15) is 5.60 Å². The Hall–Kier alpha value is -3.90. The van der Waals surface area contributed by atoms with Crippen LogP contribution in [0, 0.1) is 23.2 Å². The second-order valence-electron chi connectivity index (χ2n) is 12.5. The third kappa shape index (κ3) is 6.29. The molecule has 1 saturated heterocycles.